The number of fused-ring (bicyclic) bond motifs is 1. The van der Waals surface area contributed by atoms with Gasteiger partial charge in [-0.3, -0.25) is 4.79 Å². The van der Waals surface area contributed by atoms with Crippen molar-refractivity contribution in [2.75, 3.05) is 0 Å². The predicted octanol–water partition coefficient (Wildman–Crippen LogP) is 0.419. The number of hydrogen-bond acceptors (Lipinski definition) is 3. The maximum absolute atomic E-state index is 10.7. The zero-order chi connectivity index (χ0) is 10.1. The van der Waals surface area contributed by atoms with Crippen molar-refractivity contribution in [3.05, 3.63) is 36.4 Å². The third kappa shape index (κ3) is 1.23. The number of pyridine rings is 1. The summed E-state index contributed by atoms with van der Waals surface area (Å²) in [6.07, 6.45) is 3.33. The summed E-state index contributed by atoms with van der Waals surface area (Å²) in [5, 5.41) is 8.73. The van der Waals surface area contributed by atoms with Crippen molar-refractivity contribution in [3.63, 3.8) is 0 Å². The summed E-state index contributed by atoms with van der Waals surface area (Å²) in [5.74, 6) is -0.741. The molecule has 0 aliphatic heterocycles. The second-order valence-corrected chi connectivity index (χ2v) is 2.93. The van der Waals surface area contributed by atoms with Crippen LogP contribution in [0, 0.1) is 0 Å². The van der Waals surface area contributed by atoms with Gasteiger partial charge in [-0.1, -0.05) is 6.07 Å². The van der Waals surface area contributed by atoms with Crippen molar-refractivity contribution in [2.24, 2.45) is 5.73 Å². The van der Waals surface area contributed by atoms with E-state index in [4.69, 9.17) is 10.8 Å². The number of imidazole rings is 1. The van der Waals surface area contributed by atoms with E-state index in [9.17, 15) is 4.79 Å². The Bertz CT molecular complexity index is 478. The van der Waals surface area contributed by atoms with E-state index in [0.717, 1.165) is 5.52 Å². The predicted molar refractivity (Wildman–Crippen MR) is 49.8 cm³/mol. The Balaban J connectivity index is 2.58. The highest BCUT2D eigenvalue weighted by Crippen LogP contribution is 2.11. The van der Waals surface area contributed by atoms with Gasteiger partial charge in [0.05, 0.1) is 11.7 Å². The molecule has 3 N–H and O–H groups in total. The molecule has 1 unspecified atom stereocenters. The molecule has 0 radical (unpaired) electrons. The number of carboxylic acids is 1. The number of carboxylic acid groups (broad SMARTS) is 1. The Morgan fingerprint density at radius 2 is 2.36 bits per heavy atom. The molecule has 0 aliphatic rings. The van der Waals surface area contributed by atoms with Crippen LogP contribution in [0.25, 0.3) is 5.52 Å². The molecule has 0 fully saturated rings. The van der Waals surface area contributed by atoms with Gasteiger partial charge >= 0.3 is 5.97 Å². The summed E-state index contributed by atoms with van der Waals surface area (Å²) in [6, 6.07) is 4.41. The van der Waals surface area contributed by atoms with Gasteiger partial charge in [0.25, 0.3) is 0 Å². The van der Waals surface area contributed by atoms with Gasteiger partial charge in [-0.25, -0.2) is 4.98 Å². The molecule has 0 aromatic carbocycles. The summed E-state index contributed by atoms with van der Waals surface area (Å²) in [4.78, 5) is 14.6. The summed E-state index contributed by atoms with van der Waals surface area (Å²) in [6.45, 7) is 0. The lowest BCUT2D eigenvalue weighted by atomic mass is 10.3. The van der Waals surface area contributed by atoms with E-state index in [-0.39, 0.29) is 0 Å². The van der Waals surface area contributed by atoms with Crippen LogP contribution in [0.5, 0.6) is 0 Å². The molecule has 5 nitrogen and oxygen atoms in total. The van der Waals surface area contributed by atoms with Crippen molar-refractivity contribution < 1.29 is 9.90 Å². The highest BCUT2D eigenvalue weighted by atomic mass is 16.4. The number of aromatic nitrogens is 2. The second-order valence-electron chi connectivity index (χ2n) is 2.93. The number of nitrogens with two attached hydrogens (primary N) is 1. The molecule has 1 atom stereocenters. The molecule has 0 saturated carbocycles. The lowest BCUT2D eigenvalue weighted by Crippen LogP contribution is -2.23. The molecule has 2 aromatic rings. The zero-order valence-corrected chi connectivity index (χ0v) is 7.29. The third-order valence-corrected chi connectivity index (χ3v) is 2.01. The van der Waals surface area contributed by atoms with Gasteiger partial charge in [-0.15, -0.1) is 0 Å². The Hall–Kier alpha value is -1.88. The van der Waals surface area contributed by atoms with E-state index in [1.807, 2.05) is 12.1 Å². The van der Waals surface area contributed by atoms with E-state index in [2.05, 4.69) is 4.98 Å². The molecule has 0 saturated heterocycles. The van der Waals surface area contributed by atoms with E-state index < -0.39 is 12.0 Å². The first kappa shape index (κ1) is 8.71. The zero-order valence-electron chi connectivity index (χ0n) is 7.29. The van der Waals surface area contributed by atoms with Crippen molar-refractivity contribution in [2.45, 2.75) is 6.04 Å². The minimum absolute atomic E-state index is 0.341. The van der Waals surface area contributed by atoms with Gasteiger partial charge in [0, 0.05) is 6.20 Å². The average Bonchev–Trinajstić information content (AvgIpc) is 2.60. The molecule has 0 amide bonds. The Kier molecular flexibility index (Phi) is 1.94. The van der Waals surface area contributed by atoms with Crippen LogP contribution in [-0.2, 0) is 4.79 Å². The highest BCUT2D eigenvalue weighted by molar-refractivity contribution is 5.74. The van der Waals surface area contributed by atoms with Crippen LogP contribution >= 0.6 is 0 Å². The molecule has 0 bridgehead atoms. The number of hydrogen-bond donors (Lipinski definition) is 2. The minimum atomic E-state index is -1.08. The van der Waals surface area contributed by atoms with E-state index in [1.165, 1.54) is 0 Å². The summed E-state index contributed by atoms with van der Waals surface area (Å²) in [7, 11) is 0. The highest BCUT2D eigenvalue weighted by Gasteiger charge is 2.18. The van der Waals surface area contributed by atoms with Gasteiger partial charge < -0.3 is 15.2 Å². The van der Waals surface area contributed by atoms with Gasteiger partial charge in [-0.05, 0) is 12.1 Å². The first-order chi connectivity index (χ1) is 6.70. The topological polar surface area (TPSA) is 80.6 Å². The van der Waals surface area contributed by atoms with Crippen LogP contribution < -0.4 is 5.73 Å². The van der Waals surface area contributed by atoms with E-state index in [0.29, 0.717) is 5.82 Å². The second kappa shape index (κ2) is 3.12. The summed E-state index contributed by atoms with van der Waals surface area (Å²) < 4.78 is 1.67. The Labute approximate surface area is 79.8 Å². The molecule has 5 heteroatoms. The average molecular weight is 191 g/mol. The van der Waals surface area contributed by atoms with Crippen molar-refractivity contribution in [1.82, 2.24) is 9.38 Å². The summed E-state index contributed by atoms with van der Waals surface area (Å²) in [5.41, 5.74) is 6.30. The normalized spacial score (nSPS) is 12.9. The minimum Gasteiger partial charge on any atom is -0.480 e. The molecular weight excluding hydrogens is 182 g/mol. The molecule has 2 heterocycles. The van der Waals surface area contributed by atoms with E-state index >= 15 is 0 Å². The first-order valence-electron chi connectivity index (χ1n) is 4.10. The molecule has 2 rings (SSSR count). The van der Waals surface area contributed by atoms with Crippen molar-refractivity contribution in [1.29, 1.82) is 0 Å². The smallest absolute Gasteiger partial charge is 0.328 e. The maximum atomic E-state index is 10.7. The van der Waals surface area contributed by atoms with Crippen LogP contribution in [-0.4, -0.2) is 20.5 Å². The fourth-order valence-electron chi connectivity index (χ4n) is 1.31. The molecule has 0 spiro atoms. The quantitative estimate of drug-likeness (QED) is 0.720. The molecule has 14 heavy (non-hydrogen) atoms. The molecular formula is C9H9N3O2. The maximum Gasteiger partial charge on any atom is 0.328 e. The first-order valence-corrected chi connectivity index (χ1v) is 4.10. The monoisotopic (exact) mass is 191 g/mol. The number of rotatable bonds is 2. The van der Waals surface area contributed by atoms with Gasteiger partial charge in [0.1, 0.15) is 5.82 Å². The number of nitrogens with zero attached hydrogens (tertiary/aromatic N) is 2. The Morgan fingerprint density at radius 1 is 1.57 bits per heavy atom. The van der Waals surface area contributed by atoms with Gasteiger partial charge in [0.15, 0.2) is 6.04 Å². The van der Waals surface area contributed by atoms with Gasteiger partial charge in [0.2, 0.25) is 0 Å². The third-order valence-electron chi connectivity index (χ3n) is 2.01. The number of carbonyl (C=O) groups is 1. The fourth-order valence-corrected chi connectivity index (χ4v) is 1.31. The SMILES string of the molecule is NC(C(=O)O)c1ncc2ccccn12. The Morgan fingerprint density at radius 3 is 3.07 bits per heavy atom. The van der Waals surface area contributed by atoms with Crippen LogP contribution in [0.4, 0.5) is 0 Å². The standard InChI is InChI=1S/C9H9N3O2/c10-7(9(13)14)8-11-5-6-3-1-2-4-12(6)8/h1-5,7H,10H2,(H,13,14). The van der Waals surface area contributed by atoms with Gasteiger partial charge in [-0.2, -0.15) is 0 Å². The number of aliphatic carboxylic acids is 1. The fraction of sp³-hybridized carbons (Fsp3) is 0.111. The lowest BCUT2D eigenvalue weighted by molar-refractivity contribution is -0.138. The van der Waals surface area contributed by atoms with Crippen LogP contribution in [0.3, 0.4) is 0 Å². The van der Waals surface area contributed by atoms with Crippen molar-refractivity contribution in [3.8, 4) is 0 Å². The molecule has 72 valence electrons. The molecule has 0 aliphatic carbocycles. The van der Waals surface area contributed by atoms with Crippen LogP contribution in [0.1, 0.15) is 11.9 Å². The van der Waals surface area contributed by atoms with Crippen molar-refractivity contribution >= 4 is 11.5 Å². The van der Waals surface area contributed by atoms with Crippen LogP contribution in [0.15, 0.2) is 30.6 Å². The summed E-state index contributed by atoms with van der Waals surface area (Å²) >= 11 is 0. The van der Waals surface area contributed by atoms with E-state index in [1.54, 1.807) is 22.9 Å². The van der Waals surface area contributed by atoms with Crippen LogP contribution in [0.2, 0.25) is 0 Å². The largest absolute Gasteiger partial charge is 0.480 e. The lowest BCUT2D eigenvalue weighted by Gasteiger charge is -2.04. The molecule has 2 aromatic heterocycles.